The minimum atomic E-state index is 1.01. The summed E-state index contributed by atoms with van der Waals surface area (Å²) in [6.07, 6.45) is 0. The lowest BCUT2D eigenvalue weighted by Crippen LogP contribution is -2.31. The van der Waals surface area contributed by atoms with Gasteiger partial charge in [0, 0.05) is 11.9 Å². The Morgan fingerprint density at radius 3 is 3.09 bits per heavy atom. The first-order chi connectivity index (χ1) is 5.42. The molecular formula is C8H10N2S. The largest absolute Gasteiger partial charge is 0.297 e. The zero-order valence-electron chi connectivity index (χ0n) is 6.37. The monoisotopic (exact) mass is 166 g/mol. The molecule has 0 saturated carbocycles. The summed E-state index contributed by atoms with van der Waals surface area (Å²) in [7, 11) is 1.95. The highest BCUT2D eigenvalue weighted by Gasteiger charge is 2.16. The lowest BCUT2D eigenvalue weighted by atomic mass is 10.3. The van der Waals surface area contributed by atoms with Gasteiger partial charge in [-0.15, -0.1) is 11.8 Å². The second-order valence-corrected chi connectivity index (χ2v) is 3.38. The molecule has 2 rings (SSSR count). The number of fused-ring (bicyclic) bond motifs is 1. The number of hydrazine groups is 1. The van der Waals surface area contributed by atoms with E-state index in [-0.39, 0.29) is 0 Å². The normalized spacial score (nSPS) is 15.2. The van der Waals surface area contributed by atoms with E-state index in [0.717, 1.165) is 5.88 Å². The zero-order chi connectivity index (χ0) is 7.68. The number of hydrogen-bond donors (Lipinski definition) is 1. The molecule has 0 amide bonds. The van der Waals surface area contributed by atoms with Crippen LogP contribution in [0.15, 0.2) is 29.2 Å². The van der Waals surface area contributed by atoms with E-state index in [9.17, 15) is 0 Å². The number of thioether (sulfide) groups is 1. The molecule has 1 N–H and O–H groups in total. The Morgan fingerprint density at radius 2 is 2.27 bits per heavy atom. The summed E-state index contributed by atoms with van der Waals surface area (Å²) in [5.41, 5.74) is 4.42. The maximum atomic E-state index is 3.13. The fourth-order valence-corrected chi connectivity index (χ4v) is 2.23. The van der Waals surface area contributed by atoms with Crippen molar-refractivity contribution in [3.63, 3.8) is 0 Å². The minimum absolute atomic E-state index is 1.01. The smallest absolute Gasteiger partial charge is 0.0846 e. The van der Waals surface area contributed by atoms with Gasteiger partial charge in [0.05, 0.1) is 11.6 Å². The van der Waals surface area contributed by atoms with Crippen molar-refractivity contribution < 1.29 is 0 Å². The fourth-order valence-electron chi connectivity index (χ4n) is 1.19. The summed E-state index contributed by atoms with van der Waals surface area (Å²) in [4.78, 5) is 1.36. The first-order valence-corrected chi connectivity index (χ1v) is 4.57. The zero-order valence-corrected chi connectivity index (χ0v) is 7.19. The molecule has 0 unspecified atom stereocenters. The van der Waals surface area contributed by atoms with E-state index in [1.807, 2.05) is 18.8 Å². The Bertz CT molecular complexity index is 262. The van der Waals surface area contributed by atoms with Gasteiger partial charge in [-0.2, -0.15) is 0 Å². The lowest BCUT2D eigenvalue weighted by Gasteiger charge is -2.15. The van der Waals surface area contributed by atoms with Gasteiger partial charge >= 0.3 is 0 Å². The van der Waals surface area contributed by atoms with Crippen molar-refractivity contribution in [3.05, 3.63) is 24.3 Å². The van der Waals surface area contributed by atoms with Gasteiger partial charge in [-0.05, 0) is 12.1 Å². The van der Waals surface area contributed by atoms with Crippen LogP contribution >= 0.6 is 11.8 Å². The third kappa shape index (κ3) is 1.10. The molecule has 1 aromatic carbocycles. The molecule has 0 bridgehead atoms. The van der Waals surface area contributed by atoms with Crippen molar-refractivity contribution in [1.82, 2.24) is 5.43 Å². The number of anilines is 1. The SMILES string of the molecule is CNN1CSc2ccccc21. The summed E-state index contributed by atoms with van der Waals surface area (Å²) in [5, 5.41) is 2.14. The molecule has 0 saturated heterocycles. The van der Waals surface area contributed by atoms with E-state index < -0.39 is 0 Å². The van der Waals surface area contributed by atoms with Crippen LogP contribution in [0.1, 0.15) is 0 Å². The summed E-state index contributed by atoms with van der Waals surface area (Å²) < 4.78 is 0. The lowest BCUT2D eigenvalue weighted by molar-refractivity contribution is 0.780. The average Bonchev–Trinajstić information content (AvgIpc) is 2.47. The van der Waals surface area contributed by atoms with Crippen LogP contribution in [0.3, 0.4) is 0 Å². The molecule has 1 aromatic rings. The number of nitrogens with zero attached hydrogens (tertiary/aromatic N) is 1. The van der Waals surface area contributed by atoms with Crippen molar-refractivity contribution in [2.45, 2.75) is 4.90 Å². The van der Waals surface area contributed by atoms with E-state index in [1.54, 1.807) is 0 Å². The summed E-state index contributed by atoms with van der Waals surface area (Å²) in [6.45, 7) is 0. The first kappa shape index (κ1) is 7.00. The number of rotatable bonds is 1. The Hall–Kier alpha value is -0.670. The van der Waals surface area contributed by atoms with Crippen LogP contribution in [-0.4, -0.2) is 12.9 Å². The topological polar surface area (TPSA) is 15.3 Å². The van der Waals surface area contributed by atoms with Crippen LogP contribution in [0.5, 0.6) is 0 Å². The van der Waals surface area contributed by atoms with Crippen LogP contribution in [0.25, 0.3) is 0 Å². The van der Waals surface area contributed by atoms with Crippen molar-refractivity contribution >= 4 is 17.4 Å². The first-order valence-electron chi connectivity index (χ1n) is 3.58. The van der Waals surface area contributed by atoms with Crippen molar-refractivity contribution in [3.8, 4) is 0 Å². The van der Waals surface area contributed by atoms with E-state index in [1.165, 1.54) is 10.6 Å². The van der Waals surface area contributed by atoms with Gasteiger partial charge in [0.2, 0.25) is 0 Å². The van der Waals surface area contributed by atoms with Gasteiger partial charge in [0.1, 0.15) is 0 Å². The summed E-state index contributed by atoms with van der Waals surface area (Å²) in [6, 6.07) is 8.42. The molecule has 3 heteroatoms. The molecule has 1 aliphatic rings. The van der Waals surface area contributed by atoms with Crippen LogP contribution in [-0.2, 0) is 0 Å². The second kappa shape index (κ2) is 2.75. The Labute approximate surface area is 70.6 Å². The molecular weight excluding hydrogens is 156 g/mol. The number of benzene rings is 1. The van der Waals surface area contributed by atoms with E-state index in [0.29, 0.717) is 0 Å². The van der Waals surface area contributed by atoms with Gasteiger partial charge in [-0.25, -0.2) is 5.43 Å². The quantitative estimate of drug-likeness (QED) is 0.683. The highest BCUT2D eigenvalue weighted by atomic mass is 32.2. The highest BCUT2D eigenvalue weighted by molar-refractivity contribution is 7.99. The van der Waals surface area contributed by atoms with Crippen molar-refractivity contribution in [2.75, 3.05) is 17.9 Å². The maximum absolute atomic E-state index is 3.13. The third-order valence-corrected chi connectivity index (χ3v) is 2.82. The molecule has 0 atom stereocenters. The van der Waals surface area contributed by atoms with E-state index in [2.05, 4.69) is 34.7 Å². The molecule has 0 aromatic heterocycles. The van der Waals surface area contributed by atoms with Gasteiger partial charge in [0.25, 0.3) is 0 Å². The van der Waals surface area contributed by atoms with Gasteiger partial charge in [-0.3, -0.25) is 5.01 Å². The maximum Gasteiger partial charge on any atom is 0.0846 e. The molecule has 0 aliphatic carbocycles. The molecule has 2 nitrogen and oxygen atoms in total. The molecule has 1 heterocycles. The van der Waals surface area contributed by atoms with Gasteiger partial charge in [-0.1, -0.05) is 12.1 Å². The van der Waals surface area contributed by atoms with E-state index in [4.69, 9.17) is 0 Å². The fraction of sp³-hybridized carbons (Fsp3) is 0.250. The molecule has 0 fully saturated rings. The van der Waals surface area contributed by atoms with Crippen LogP contribution < -0.4 is 10.4 Å². The van der Waals surface area contributed by atoms with Gasteiger partial charge < -0.3 is 0 Å². The standard InChI is InChI=1S/C8H10N2S/c1-9-10-6-11-8-5-3-2-4-7(8)10/h2-5,9H,6H2,1H3. The number of hydrogen-bond acceptors (Lipinski definition) is 3. The van der Waals surface area contributed by atoms with Crippen LogP contribution in [0, 0.1) is 0 Å². The minimum Gasteiger partial charge on any atom is -0.297 e. The average molecular weight is 166 g/mol. The molecule has 58 valence electrons. The summed E-state index contributed by atoms with van der Waals surface area (Å²) in [5.74, 6) is 1.01. The van der Waals surface area contributed by atoms with Crippen molar-refractivity contribution in [2.24, 2.45) is 0 Å². The van der Waals surface area contributed by atoms with Crippen molar-refractivity contribution in [1.29, 1.82) is 0 Å². The van der Waals surface area contributed by atoms with Gasteiger partial charge in [0.15, 0.2) is 0 Å². The Morgan fingerprint density at radius 1 is 1.45 bits per heavy atom. The molecule has 1 aliphatic heterocycles. The molecule has 0 radical (unpaired) electrons. The third-order valence-electron chi connectivity index (χ3n) is 1.78. The number of para-hydroxylation sites is 1. The van der Waals surface area contributed by atoms with Crippen LogP contribution in [0.4, 0.5) is 5.69 Å². The highest BCUT2D eigenvalue weighted by Crippen LogP contribution is 2.36. The Balaban J connectivity index is 2.39. The second-order valence-electron chi connectivity index (χ2n) is 2.39. The molecule has 11 heavy (non-hydrogen) atoms. The number of nitrogens with one attached hydrogen (secondary N) is 1. The molecule has 0 spiro atoms. The predicted octanol–water partition coefficient (Wildman–Crippen LogP) is 1.69. The Kier molecular flexibility index (Phi) is 1.75. The predicted molar refractivity (Wildman–Crippen MR) is 48.7 cm³/mol. The van der Waals surface area contributed by atoms with E-state index >= 15 is 0 Å². The van der Waals surface area contributed by atoms with Crippen LogP contribution in [0.2, 0.25) is 0 Å². The summed E-state index contributed by atoms with van der Waals surface area (Å²) >= 11 is 1.86.